The van der Waals surface area contributed by atoms with Crippen molar-refractivity contribution in [3.05, 3.63) is 35.4 Å². The molecule has 0 saturated carbocycles. The molecular weight excluding hydrogens is 277 g/mol. The minimum atomic E-state index is -4.45. The van der Waals surface area contributed by atoms with Crippen LogP contribution in [0.15, 0.2) is 24.3 Å². The molecule has 0 bridgehead atoms. The molecule has 0 amide bonds. The van der Waals surface area contributed by atoms with Gasteiger partial charge in [-0.1, -0.05) is 38.1 Å². The minimum absolute atomic E-state index is 0.562. The topological polar surface area (TPSA) is 47.9 Å². The summed E-state index contributed by atoms with van der Waals surface area (Å²) in [4.78, 5) is 4.19. The lowest BCUT2D eigenvalue weighted by molar-refractivity contribution is -0.395. The van der Waals surface area contributed by atoms with Gasteiger partial charge in [0.2, 0.25) is 6.29 Å². The third kappa shape index (κ3) is 2.95. The van der Waals surface area contributed by atoms with Crippen molar-refractivity contribution < 1.29 is 32.8 Å². The molecular formula is C13H15F3O4. The van der Waals surface area contributed by atoms with Gasteiger partial charge in [0.05, 0.1) is 0 Å². The van der Waals surface area contributed by atoms with Crippen molar-refractivity contribution in [2.24, 2.45) is 0 Å². The molecule has 1 aliphatic heterocycles. The molecule has 1 heterocycles. The van der Waals surface area contributed by atoms with Gasteiger partial charge in [0, 0.05) is 11.0 Å². The van der Waals surface area contributed by atoms with E-state index in [0.717, 1.165) is 0 Å². The van der Waals surface area contributed by atoms with E-state index in [1.54, 1.807) is 38.1 Å². The quantitative estimate of drug-likeness (QED) is 0.685. The molecule has 0 aromatic heterocycles. The summed E-state index contributed by atoms with van der Waals surface area (Å²) in [6.45, 7) is 1.99. The Morgan fingerprint density at radius 2 is 1.95 bits per heavy atom. The molecule has 0 unspecified atom stereocenters. The molecule has 112 valence electrons. The number of fused-ring (bicyclic) bond motifs is 1. The second-order valence-corrected chi connectivity index (χ2v) is 5.14. The summed E-state index contributed by atoms with van der Waals surface area (Å²) in [5.74, 6) is 0. The Labute approximate surface area is 114 Å². The number of ether oxygens (including phenoxy) is 2. The normalized spacial score (nSPS) is 25.3. The lowest BCUT2D eigenvalue weighted by atomic mass is 9.79. The highest BCUT2D eigenvalue weighted by Crippen LogP contribution is 2.42. The third-order valence-corrected chi connectivity index (χ3v) is 3.24. The summed E-state index contributed by atoms with van der Waals surface area (Å²) in [7, 11) is 0. The third-order valence-electron chi connectivity index (χ3n) is 3.24. The Morgan fingerprint density at radius 1 is 1.30 bits per heavy atom. The number of rotatable bonds is 3. The number of halogens is 3. The summed E-state index contributed by atoms with van der Waals surface area (Å²) < 4.78 is 46.9. The van der Waals surface area contributed by atoms with E-state index in [2.05, 4.69) is 4.89 Å². The zero-order chi connectivity index (χ0) is 15.0. The maximum atomic E-state index is 12.3. The molecule has 4 nitrogen and oxygen atoms in total. The Kier molecular flexibility index (Phi) is 4.06. The van der Waals surface area contributed by atoms with Crippen LogP contribution in [0.1, 0.15) is 31.3 Å². The van der Waals surface area contributed by atoms with Gasteiger partial charge >= 0.3 is 6.18 Å². The highest BCUT2D eigenvalue weighted by Gasteiger charge is 2.44. The first-order valence-electron chi connectivity index (χ1n) is 5.99. The molecule has 1 N–H and O–H groups in total. The molecule has 2 rings (SSSR count). The van der Waals surface area contributed by atoms with Crippen LogP contribution in [0.3, 0.4) is 0 Å². The van der Waals surface area contributed by atoms with Crippen LogP contribution < -0.4 is 0 Å². The van der Waals surface area contributed by atoms with Gasteiger partial charge < -0.3 is 9.47 Å². The van der Waals surface area contributed by atoms with Crippen molar-refractivity contribution in [2.75, 3.05) is 6.61 Å². The zero-order valence-corrected chi connectivity index (χ0v) is 11.0. The fourth-order valence-electron chi connectivity index (χ4n) is 2.27. The van der Waals surface area contributed by atoms with E-state index in [9.17, 15) is 13.2 Å². The summed E-state index contributed by atoms with van der Waals surface area (Å²) in [5, 5.41) is 8.85. The van der Waals surface area contributed by atoms with Gasteiger partial charge in [-0.05, 0) is 5.56 Å². The average Bonchev–Trinajstić information content (AvgIpc) is 2.37. The number of hydrogen-bond acceptors (Lipinski definition) is 4. The van der Waals surface area contributed by atoms with E-state index in [0.29, 0.717) is 11.1 Å². The lowest BCUT2D eigenvalue weighted by Crippen LogP contribution is -2.45. The van der Waals surface area contributed by atoms with Crippen LogP contribution in [0.4, 0.5) is 13.2 Å². The van der Waals surface area contributed by atoms with Crippen LogP contribution in [-0.4, -0.2) is 24.3 Å². The first kappa shape index (κ1) is 15.2. The average molecular weight is 292 g/mol. The molecule has 0 saturated heterocycles. The van der Waals surface area contributed by atoms with Gasteiger partial charge in [-0.25, -0.2) is 10.1 Å². The molecule has 0 fully saturated rings. The SMILES string of the molecule is CC1(C)c2ccccc2[C@@H](OO)O[C@H]1OCC(F)(F)F. The fourth-order valence-corrected chi connectivity index (χ4v) is 2.27. The largest absolute Gasteiger partial charge is 0.411 e. The van der Waals surface area contributed by atoms with Crippen LogP contribution in [0.5, 0.6) is 0 Å². The molecule has 1 aromatic rings. The molecule has 20 heavy (non-hydrogen) atoms. The van der Waals surface area contributed by atoms with Crippen LogP contribution in [0.25, 0.3) is 0 Å². The standard InChI is InChI=1S/C13H15F3O4/c1-12(2)9-6-4-3-5-8(9)10(20-17)19-11(12)18-7-13(14,15)16/h3-6,10-11,17H,7H2,1-2H3/t10-,11-/m1/s1. The molecule has 7 heteroatoms. The predicted molar refractivity (Wildman–Crippen MR) is 62.8 cm³/mol. The highest BCUT2D eigenvalue weighted by atomic mass is 19.4. The van der Waals surface area contributed by atoms with E-state index in [4.69, 9.17) is 14.7 Å². The van der Waals surface area contributed by atoms with Crippen molar-refractivity contribution in [1.29, 1.82) is 0 Å². The van der Waals surface area contributed by atoms with Crippen LogP contribution in [0, 0.1) is 0 Å². The molecule has 0 radical (unpaired) electrons. The van der Waals surface area contributed by atoms with Crippen molar-refractivity contribution in [3.8, 4) is 0 Å². The van der Waals surface area contributed by atoms with Crippen LogP contribution in [0.2, 0.25) is 0 Å². The zero-order valence-electron chi connectivity index (χ0n) is 11.0. The summed E-state index contributed by atoms with van der Waals surface area (Å²) in [6.07, 6.45) is -6.81. The first-order valence-corrected chi connectivity index (χ1v) is 5.99. The van der Waals surface area contributed by atoms with E-state index in [1.165, 1.54) is 0 Å². The van der Waals surface area contributed by atoms with Gasteiger partial charge in [-0.15, -0.1) is 0 Å². The number of alkyl halides is 3. The minimum Gasteiger partial charge on any atom is -0.342 e. The van der Waals surface area contributed by atoms with E-state index >= 15 is 0 Å². The van der Waals surface area contributed by atoms with Crippen molar-refractivity contribution in [2.45, 2.75) is 38.0 Å². The second kappa shape index (κ2) is 5.33. The van der Waals surface area contributed by atoms with Crippen LogP contribution in [-0.2, 0) is 19.8 Å². The number of hydrogen-bond donors (Lipinski definition) is 1. The van der Waals surface area contributed by atoms with E-state index < -0.39 is 30.8 Å². The van der Waals surface area contributed by atoms with Gasteiger partial charge in [-0.3, -0.25) is 0 Å². The Morgan fingerprint density at radius 3 is 2.55 bits per heavy atom. The smallest absolute Gasteiger partial charge is 0.342 e. The maximum absolute atomic E-state index is 12.3. The molecule has 2 atom stereocenters. The fraction of sp³-hybridized carbons (Fsp3) is 0.538. The highest BCUT2D eigenvalue weighted by molar-refractivity contribution is 5.36. The van der Waals surface area contributed by atoms with Crippen LogP contribution >= 0.6 is 0 Å². The monoisotopic (exact) mass is 292 g/mol. The second-order valence-electron chi connectivity index (χ2n) is 5.14. The summed E-state index contributed by atoms with van der Waals surface area (Å²) >= 11 is 0. The Bertz CT molecular complexity index is 473. The first-order chi connectivity index (χ1) is 9.25. The van der Waals surface area contributed by atoms with Crippen molar-refractivity contribution in [1.82, 2.24) is 0 Å². The summed E-state index contributed by atoms with van der Waals surface area (Å²) in [5.41, 5.74) is 0.459. The van der Waals surface area contributed by atoms with Gasteiger partial charge in [-0.2, -0.15) is 13.2 Å². The molecule has 1 aromatic carbocycles. The maximum Gasteiger partial charge on any atom is 0.411 e. The number of benzene rings is 1. The van der Waals surface area contributed by atoms with E-state index in [1.807, 2.05) is 0 Å². The van der Waals surface area contributed by atoms with Gasteiger partial charge in [0.15, 0.2) is 6.29 Å². The van der Waals surface area contributed by atoms with E-state index in [-0.39, 0.29) is 0 Å². The summed E-state index contributed by atoms with van der Waals surface area (Å²) in [6, 6.07) is 6.90. The van der Waals surface area contributed by atoms with Gasteiger partial charge in [0.1, 0.15) is 6.61 Å². The molecule has 0 spiro atoms. The predicted octanol–water partition coefficient (Wildman–Crippen LogP) is 3.39. The van der Waals surface area contributed by atoms with Crippen molar-refractivity contribution in [3.63, 3.8) is 0 Å². The molecule has 1 aliphatic rings. The molecule has 0 aliphatic carbocycles. The Balaban J connectivity index is 2.28. The lowest BCUT2D eigenvalue weighted by Gasteiger charge is -2.42. The Hall–Kier alpha value is -1.15. The van der Waals surface area contributed by atoms with Gasteiger partial charge in [0.25, 0.3) is 0 Å². The van der Waals surface area contributed by atoms with Crippen molar-refractivity contribution >= 4 is 0 Å².